The van der Waals surface area contributed by atoms with Crippen molar-refractivity contribution < 1.29 is 18.7 Å². The average Bonchev–Trinajstić information content (AvgIpc) is 3.20. The SMILES string of the molecule is COc1ccccc1OC(C)c1nnc(SCC(=O)Nc2ccc(F)c(Cl)c2)n1C(C)C. The molecular weight excluding hydrogens is 455 g/mol. The third-order valence-electron chi connectivity index (χ3n) is 4.48. The molecule has 32 heavy (non-hydrogen) atoms. The number of anilines is 1. The maximum Gasteiger partial charge on any atom is 0.234 e. The molecule has 0 radical (unpaired) electrons. The van der Waals surface area contributed by atoms with Gasteiger partial charge in [0.05, 0.1) is 17.9 Å². The summed E-state index contributed by atoms with van der Waals surface area (Å²) in [5, 5.41) is 11.8. The minimum absolute atomic E-state index is 0.0465. The number of thioether (sulfide) groups is 1. The number of ether oxygens (including phenoxy) is 2. The minimum atomic E-state index is -0.541. The largest absolute Gasteiger partial charge is 0.493 e. The highest BCUT2D eigenvalue weighted by Gasteiger charge is 2.23. The van der Waals surface area contributed by atoms with Crippen molar-refractivity contribution in [2.75, 3.05) is 18.2 Å². The summed E-state index contributed by atoms with van der Waals surface area (Å²) in [4.78, 5) is 12.4. The first kappa shape index (κ1) is 23.9. The van der Waals surface area contributed by atoms with Gasteiger partial charge in [0.1, 0.15) is 5.82 Å². The number of nitrogens with one attached hydrogen (secondary N) is 1. The summed E-state index contributed by atoms with van der Waals surface area (Å²) >= 11 is 7.01. The Labute approximate surface area is 195 Å². The Kier molecular flexibility index (Phi) is 7.98. The van der Waals surface area contributed by atoms with Gasteiger partial charge in [0.15, 0.2) is 28.6 Å². The van der Waals surface area contributed by atoms with Crippen LogP contribution in [0.2, 0.25) is 5.02 Å². The maximum atomic E-state index is 13.3. The lowest BCUT2D eigenvalue weighted by Crippen LogP contribution is -2.16. The van der Waals surface area contributed by atoms with Crippen LogP contribution >= 0.6 is 23.4 Å². The second-order valence-electron chi connectivity index (χ2n) is 7.18. The van der Waals surface area contributed by atoms with Crippen LogP contribution in [0.5, 0.6) is 11.5 Å². The van der Waals surface area contributed by atoms with Gasteiger partial charge in [-0.05, 0) is 51.1 Å². The summed E-state index contributed by atoms with van der Waals surface area (Å²) in [5.74, 6) is 1.16. The molecule has 1 aromatic heterocycles. The Hall–Kier alpha value is -2.78. The van der Waals surface area contributed by atoms with Gasteiger partial charge >= 0.3 is 0 Å². The van der Waals surface area contributed by atoms with Gasteiger partial charge in [-0.25, -0.2) is 4.39 Å². The summed E-state index contributed by atoms with van der Waals surface area (Å²) in [7, 11) is 1.59. The van der Waals surface area contributed by atoms with Gasteiger partial charge in [0.2, 0.25) is 5.91 Å². The predicted molar refractivity (Wildman–Crippen MR) is 123 cm³/mol. The van der Waals surface area contributed by atoms with E-state index in [0.29, 0.717) is 28.2 Å². The van der Waals surface area contributed by atoms with Crippen molar-refractivity contribution >= 4 is 35.0 Å². The van der Waals surface area contributed by atoms with Crippen LogP contribution in [0.4, 0.5) is 10.1 Å². The fourth-order valence-corrected chi connectivity index (χ4v) is 4.06. The molecule has 3 rings (SSSR count). The molecule has 10 heteroatoms. The minimum Gasteiger partial charge on any atom is -0.493 e. The molecule has 7 nitrogen and oxygen atoms in total. The first-order valence-electron chi connectivity index (χ1n) is 9.92. The van der Waals surface area contributed by atoms with Crippen molar-refractivity contribution in [3.05, 3.63) is 59.1 Å². The molecule has 0 fully saturated rings. The maximum absolute atomic E-state index is 13.3. The first-order chi connectivity index (χ1) is 15.3. The van der Waals surface area contributed by atoms with Crippen molar-refractivity contribution in [1.82, 2.24) is 14.8 Å². The van der Waals surface area contributed by atoms with Crippen LogP contribution in [0.15, 0.2) is 47.6 Å². The summed E-state index contributed by atoms with van der Waals surface area (Å²) < 4.78 is 26.6. The van der Waals surface area contributed by atoms with E-state index >= 15 is 0 Å². The Morgan fingerprint density at radius 2 is 1.91 bits per heavy atom. The van der Waals surface area contributed by atoms with Crippen LogP contribution in [-0.2, 0) is 4.79 Å². The molecule has 0 saturated carbocycles. The molecule has 1 heterocycles. The van der Waals surface area contributed by atoms with E-state index in [1.807, 2.05) is 49.6 Å². The molecule has 1 atom stereocenters. The quantitative estimate of drug-likeness (QED) is 0.407. The molecule has 0 aliphatic rings. The number of hydrogen-bond donors (Lipinski definition) is 1. The number of halogens is 2. The molecule has 0 aliphatic heterocycles. The van der Waals surface area contributed by atoms with Crippen molar-refractivity contribution in [3.8, 4) is 11.5 Å². The molecule has 0 spiro atoms. The van der Waals surface area contributed by atoms with Crippen molar-refractivity contribution in [2.24, 2.45) is 0 Å². The van der Waals surface area contributed by atoms with Crippen LogP contribution in [0, 0.1) is 5.82 Å². The molecule has 0 bridgehead atoms. The summed E-state index contributed by atoms with van der Waals surface area (Å²) in [6, 6.07) is 11.5. The second-order valence-corrected chi connectivity index (χ2v) is 8.53. The molecule has 1 unspecified atom stereocenters. The number of para-hydroxylation sites is 2. The fraction of sp³-hybridized carbons (Fsp3) is 0.318. The van der Waals surface area contributed by atoms with Crippen LogP contribution in [-0.4, -0.2) is 33.5 Å². The van der Waals surface area contributed by atoms with Crippen molar-refractivity contribution in [3.63, 3.8) is 0 Å². The van der Waals surface area contributed by atoms with E-state index in [4.69, 9.17) is 21.1 Å². The lowest BCUT2D eigenvalue weighted by atomic mass is 10.3. The topological polar surface area (TPSA) is 78.3 Å². The number of carbonyl (C=O) groups excluding carboxylic acids is 1. The highest BCUT2D eigenvalue weighted by Crippen LogP contribution is 2.32. The summed E-state index contributed by atoms with van der Waals surface area (Å²) in [5.41, 5.74) is 0.423. The highest BCUT2D eigenvalue weighted by atomic mass is 35.5. The van der Waals surface area contributed by atoms with Gasteiger partial charge < -0.3 is 19.4 Å². The van der Waals surface area contributed by atoms with E-state index in [2.05, 4.69) is 15.5 Å². The first-order valence-corrected chi connectivity index (χ1v) is 11.3. The molecule has 1 amide bonds. The summed E-state index contributed by atoms with van der Waals surface area (Å²) in [6.45, 7) is 5.90. The molecule has 170 valence electrons. The number of aromatic nitrogens is 3. The Morgan fingerprint density at radius 1 is 1.19 bits per heavy atom. The van der Waals surface area contributed by atoms with Crippen molar-refractivity contribution in [2.45, 2.75) is 38.1 Å². The number of methoxy groups -OCH3 is 1. The van der Waals surface area contributed by atoms with Crippen molar-refractivity contribution in [1.29, 1.82) is 0 Å². The summed E-state index contributed by atoms with van der Waals surface area (Å²) in [6.07, 6.45) is -0.397. The van der Waals surface area contributed by atoms with E-state index in [-0.39, 0.29) is 22.7 Å². The van der Waals surface area contributed by atoms with E-state index in [9.17, 15) is 9.18 Å². The third-order valence-corrected chi connectivity index (χ3v) is 5.71. The number of benzene rings is 2. The number of rotatable bonds is 9. The van der Waals surface area contributed by atoms with Crippen LogP contribution in [0.25, 0.3) is 0 Å². The van der Waals surface area contributed by atoms with Crippen LogP contribution in [0.1, 0.15) is 38.7 Å². The monoisotopic (exact) mass is 478 g/mol. The Morgan fingerprint density at radius 3 is 2.56 bits per heavy atom. The van der Waals surface area contributed by atoms with Gasteiger partial charge in [0.25, 0.3) is 0 Å². The van der Waals surface area contributed by atoms with E-state index < -0.39 is 11.9 Å². The molecule has 3 aromatic rings. The zero-order chi connectivity index (χ0) is 23.3. The predicted octanol–water partition coefficient (Wildman–Crippen LogP) is 5.53. The van der Waals surface area contributed by atoms with E-state index in [1.54, 1.807) is 7.11 Å². The van der Waals surface area contributed by atoms with Gasteiger partial charge in [-0.15, -0.1) is 10.2 Å². The lowest BCUT2D eigenvalue weighted by Gasteiger charge is -2.19. The number of amides is 1. The Balaban J connectivity index is 1.70. The van der Waals surface area contributed by atoms with Gasteiger partial charge in [-0.3, -0.25) is 4.79 Å². The highest BCUT2D eigenvalue weighted by molar-refractivity contribution is 7.99. The third kappa shape index (κ3) is 5.72. The van der Waals surface area contributed by atoms with Gasteiger partial charge in [0, 0.05) is 11.7 Å². The molecule has 2 aromatic carbocycles. The van der Waals surface area contributed by atoms with Gasteiger partial charge in [-0.2, -0.15) is 0 Å². The number of hydrogen-bond acceptors (Lipinski definition) is 6. The fourth-order valence-electron chi connectivity index (χ4n) is 3.01. The second kappa shape index (κ2) is 10.7. The van der Waals surface area contributed by atoms with Crippen LogP contribution < -0.4 is 14.8 Å². The molecule has 0 saturated heterocycles. The van der Waals surface area contributed by atoms with E-state index in [1.165, 1.54) is 30.0 Å². The van der Waals surface area contributed by atoms with E-state index in [0.717, 1.165) is 0 Å². The normalized spacial score (nSPS) is 12.0. The number of carbonyl (C=O) groups is 1. The number of nitrogens with zero attached hydrogens (tertiary/aromatic N) is 3. The Bertz CT molecular complexity index is 1090. The zero-order valence-corrected chi connectivity index (χ0v) is 19.7. The van der Waals surface area contributed by atoms with Gasteiger partial charge in [-0.1, -0.05) is 35.5 Å². The molecule has 0 aliphatic carbocycles. The molecular formula is C22H24ClFN4O3S. The lowest BCUT2D eigenvalue weighted by molar-refractivity contribution is -0.113. The average molecular weight is 479 g/mol. The zero-order valence-electron chi connectivity index (χ0n) is 18.1. The standard InChI is InChI=1S/C22H24ClFN4O3S/c1-13(2)28-21(14(3)31-19-8-6-5-7-18(19)30-4)26-27-22(28)32-12-20(29)25-15-9-10-17(24)16(23)11-15/h5-11,13-14H,12H2,1-4H3,(H,25,29). The molecule has 1 N–H and O–H groups in total. The smallest absolute Gasteiger partial charge is 0.234 e. The van der Waals surface area contributed by atoms with Crippen LogP contribution in [0.3, 0.4) is 0 Å².